The Kier molecular flexibility index (Phi) is 6.00. The Hall–Kier alpha value is -2.53. The summed E-state index contributed by atoms with van der Waals surface area (Å²) in [6, 6.07) is 16.1. The minimum Gasteiger partial charge on any atom is -0.503 e. The molecule has 0 aliphatic carbocycles. The summed E-state index contributed by atoms with van der Waals surface area (Å²) in [7, 11) is 1.40. The molecule has 118 valence electrons. The number of methoxy groups -OCH3 is 1. The van der Waals surface area contributed by atoms with E-state index in [1.165, 1.54) is 13.4 Å². The molecule has 5 heteroatoms. The monoisotopic (exact) mass is 328 g/mol. The van der Waals surface area contributed by atoms with Crippen molar-refractivity contribution in [3.63, 3.8) is 0 Å². The molecule has 0 spiro atoms. The minimum absolute atomic E-state index is 0.0481. The van der Waals surface area contributed by atoms with Gasteiger partial charge in [0.1, 0.15) is 5.57 Å². The molecule has 2 aromatic rings. The van der Waals surface area contributed by atoms with Crippen molar-refractivity contribution in [1.29, 1.82) is 0 Å². The number of carbonyl (C=O) groups is 2. The topological polar surface area (TPSA) is 63.6 Å². The molecule has 2 rings (SSSR count). The second kappa shape index (κ2) is 8.19. The van der Waals surface area contributed by atoms with Gasteiger partial charge in [-0.15, -0.1) is 0 Å². The molecular formula is C18H16O4S. The first-order valence-electron chi connectivity index (χ1n) is 6.90. The number of hydrogen-bond donors (Lipinski definition) is 1. The molecule has 0 saturated carbocycles. The maximum atomic E-state index is 12.2. The third kappa shape index (κ3) is 4.47. The highest BCUT2D eigenvalue weighted by Gasteiger charge is 2.16. The molecule has 0 heterocycles. The fourth-order valence-electron chi connectivity index (χ4n) is 2.06. The first-order valence-corrected chi connectivity index (χ1v) is 7.88. The van der Waals surface area contributed by atoms with Crippen LogP contribution in [0.1, 0.15) is 21.5 Å². The molecule has 4 nitrogen and oxygen atoms in total. The third-order valence-corrected chi connectivity index (χ3v) is 4.10. The van der Waals surface area contributed by atoms with Crippen LogP contribution in [0.2, 0.25) is 0 Å². The van der Waals surface area contributed by atoms with Crippen LogP contribution in [0.15, 0.2) is 60.9 Å². The zero-order valence-electron chi connectivity index (χ0n) is 12.6. The Balaban J connectivity index is 2.20. The summed E-state index contributed by atoms with van der Waals surface area (Å²) in [5.74, 6) is -0.684. The average molecular weight is 328 g/mol. The van der Waals surface area contributed by atoms with Crippen LogP contribution in [-0.4, -0.2) is 23.3 Å². The third-order valence-electron chi connectivity index (χ3n) is 3.14. The van der Waals surface area contributed by atoms with Crippen molar-refractivity contribution in [2.45, 2.75) is 5.75 Å². The summed E-state index contributed by atoms with van der Waals surface area (Å²) in [6.07, 6.45) is 1.20. The molecule has 0 fully saturated rings. The zero-order valence-corrected chi connectivity index (χ0v) is 13.4. The van der Waals surface area contributed by atoms with Crippen molar-refractivity contribution in [3.05, 3.63) is 77.5 Å². The van der Waals surface area contributed by atoms with E-state index in [1.807, 2.05) is 30.3 Å². The molecule has 0 amide bonds. The number of aliphatic carboxylic acids is 1. The van der Waals surface area contributed by atoms with Crippen LogP contribution in [0.25, 0.3) is 5.57 Å². The van der Waals surface area contributed by atoms with Gasteiger partial charge in [-0.3, -0.25) is 4.79 Å². The molecule has 0 saturated heterocycles. The van der Waals surface area contributed by atoms with E-state index in [4.69, 9.17) is 4.74 Å². The van der Waals surface area contributed by atoms with E-state index in [0.29, 0.717) is 16.9 Å². The standard InChI is InChI=1S/C18H16O4S/c1-22-11-16(17(19)20)15-10-6-5-9-14(15)12-23-18(21)13-7-3-2-4-8-13/h2-11H,12H2,1H3,(H,19,20)/b16-11+. The Bertz CT molecular complexity index is 723. The number of benzene rings is 2. The first-order chi connectivity index (χ1) is 11.1. The molecule has 0 radical (unpaired) electrons. The van der Waals surface area contributed by atoms with Gasteiger partial charge in [0.2, 0.25) is 5.12 Å². The Morgan fingerprint density at radius 2 is 1.74 bits per heavy atom. The molecule has 0 aliphatic rings. The predicted octanol–water partition coefficient (Wildman–Crippen LogP) is 3.83. The van der Waals surface area contributed by atoms with Gasteiger partial charge in [-0.1, -0.05) is 66.4 Å². The van der Waals surface area contributed by atoms with Crippen molar-refractivity contribution in [2.75, 3.05) is 7.11 Å². The lowest BCUT2D eigenvalue weighted by Gasteiger charge is -2.09. The quantitative estimate of drug-likeness (QED) is 0.645. The number of carboxylic acids is 1. The van der Waals surface area contributed by atoms with Crippen LogP contribution >= 0.6 is 11.8 Å². The lowest BCUT2D eigenvalue weighted by molar-refractivity contribution is -0.130. The predicted molar refractivity (Wildman–Crippen MR) is 91.1 cm³/mol. The van der Waals surface area contributed by atoms with E-state index in [9.17, 15) is 14.7 Å². The fraction of sp³-hybridized carbons (Fsp3) is 0.111. The first kappa shape index (κ1) is 16.8. The van der Waals surface area contributed by atoms with Gasteiger partial charge in [-0.25, -0.2) is 4.79 Å². The number of thioether (sulfide) groups is 1. The number of carbonyl (C=O) groups excluding carboxylic acids is 1. The molecule has 2 aromatic carbocycles. The van der Waals surface area contributed by atoms with Crippen molar-refractivity contribution in [3.8, 4) is 0 Å². The van der Waals surface area contributed by atoms with E-state index in [-0.39, 0.29) is 10.7 Å². The largest absolute Gasteiger partial charge is 0.503 e. The van der Waals surface area contributed by atoms with Crippen LogP contribution in [0, 0.1) is 0 Å². The van der Waals surface area contributed by atoms with E-state index >= 15 is 0 Å². The van der Waals surface area contributed by atoms with Crippen LogP contribution in [0.5, 0.6) is 0 Å². The Morgan fingerprint density at radius 3 is 2.39 bits per heavy atom. The van der Waals surface area contributed by atoms with E-state index < -0.39 is 5.97 Å². The van der Waals surface area contributed by atoms with E-state index in [1.54, 1.807) is 24.3 Å². The smallest absolute Gasteiger partial charge is 0.339 e. The van der Waals surface area contributed by atoms with Gasteiger partial charge in [-0.2, -0.15) is 0 Å². The van der Waals surface area contributed by atoms with Crippen LogP contribution in [0.4, 0.5) is 0 Å². The van der Waals surface area contributed by atoms with Crippen molar-refractivity contribution in [1.82, 2.24) is 0 Å². The van der Waals surface area contributed by atoms with Gasteiger partial charge in [0.15, 0.2) is 0 Å². The maximum Gasteiger partial charge on any atom is 0.339 e. The normalized spacial score (nSPS) is 11.1. The highest BCUT2D eigenvalue weighted by atomic mass is 32.2. The number of carboxylic acid groups (broad SMARTS) is 1. The summed E-state index contributed by atoms with van der Waals surface area (Å²) >= 11 is 1.14. The van der Waals surface area contributed by atoms with E-state index in [0.717, 1.165) is 17.3 Å². The molecule has 23 heavy (non-hydrogen) atoms. The number of hydrogen-bond acceptors (Lipinski definition) is 4. The molecular weight excluding hydrogens is 312 g/mol. The van der Waals surface area contributed by atoms with Crippen LogP contribution in [0.3, 0.4) is 0 Å². The van der Waals surface area contributed by atoms with Crippen molar-refractivity contribution >= 4 is 28.4 Å². The van der Waals surface area contributed by atoms with Gasteiger partial charge >= 0.3 is 5.97 Å². The van der Waals surface area contributed by atoms with Crippen LogP contribution in [-0.2, 0) is 15.3 Å². The zero-order chi connectivity index (χ0) is 16.7. The summed E-state index contributed by atoms with van der Waals surface area (Å²) in [5, 5.41) is 9.27. The maximum absolute atomic E-state index is 12.2. The van der Waals surface area contributed by atoms with Gasteiger partial charge in [0.05, 0.1) is 13.4 Å². The molecule has 1 N–H and O–H groups in total. The average Bonchev–Trinajstić information content (AvgIpc) is 2.58. The SMILES string of the molecule is CO/C=C(/C(=O)O)c1ccccc1CSC(=O)c1ccccc1. The second-order valence-corrected chi connectivity index (χ2v) is 5.62. The van der Waals surface area contributed by atoms with Gasteiger partial charge in [-0.05, 0) is 11.1 Å². The van der Waals surface area contributed by atoms with Crippen molar-refractivity contribution < 1.29 is 19.4 Å². The minimum atomic E-state index is -1.07. The second-order valence-electron chi connectivity index (χ2n) is 4.67. The molecule has 0 aromatic heterocycles. The fourth-order valence-corrected chi connectivity index (χ4v) is 2.90. The van der Waals surface area contributed by atoms with Gasteiger partial charge in [0, 0.05) is 11.3 Å². The van der Waals surface area contributed by atoms with E-state index in [2.05, 4.69) is 0 Å². The number of rotatable bonds is 6. The summed E-state index contributed by atoms with van der Waals surface area (Å²) in [5.41, 5.74) is 2.01. The highest BCUT2D eigenvalue weighted by molar-refractivity contribution is 8.13. The Labute approximate surface area is 138 Å². The van der Waals surface area contributed by atoms with Gasteiger partial charge in [0.25, 0.3) is 0 Å². The Morgan fingerprint density at radius 1 is 1.09 bits per heavy atom. The summed E-state index contributed by atoms with van der Waals surface area (Å²) in [6.45, 7) is 0. The lowest BCUT2D eigenvalue weighted by Crippen LogP contribution is -2.04. The lowest BCUT2D eigenvalue weighted by atomic mass is 10.0. The molecule has 0 bridgehead atoms. The van der Waals surface area contributed by atoms with Crippen LogP contribution < -0.4 is 0 Å². The summed E-state index contributed by atoms with van der Waals surface area (Å²) in [4.78, 5) is 23.5. The highest BCUT2D eigenvalue weighted by Crippen LogP contribution is 2.25. The van der Waals surface area contributed by atoms with Gasteiger partial charge < -0.3 is 9.84 Å². The molecule has 0 aliphatic heterocycles. The summed E-state index contributed by atoms with van der Waals surface area (Å²) < 4.78 is 4.85. The number of ether oxygens (including phenoxy) is 1. The molecule has 0 atom stereocenters. The van der Waals surface area contributed by atoms with Crippen molar-refractivity contribution in [2.24, 2.45) is 0 Å². The molecule has 0 unspecified atom stereocenters.